The average Bonchev–Trinajstić information content (AvgIpc) is 3.32. The number of benzene rings is 1. The Morgan fingerprint density at radius 3 is 2.38 bits per heavy atom. The molecule has 3 heterocycles. The minimum absolute atomic E-state index is 0.100. The van der Waals surface area contributed by atoms with E-state index in [2.05, 4.69) is 34.7 Å². The second-order valence-electron chi connectivity index (χ2n) is 12.8. The number of carbonyl (C=O) groups is 1. The van der Waals surface area contributed by atoms with Crippen LogP contribution in [-0.4, -0.2) is 55.0 Å². The van der Waals surface area contributed by atoms with Crippen molar-refractivity contribution in [2.45, 2.75) is 82.1 Å². The number of hydrogen-bond acceptors (Lipinski definition) is 8. The Morgan fingerprint density at radius 1 is 1.00 bits per heavy atom. The van der Waals surface area contributed by atoms with E-state index >= 15 is 0 Å². The van der Waals surface area contributed by atoms with E-state index in [9.17, 15) is 26.2 Å². The number of anilines is 1. The first kappa shape index (κ1) is 36.7. The Bertz CT molecular complexity index is 1900. The molecule has 2 aromatic rings. The summed E-state index contributed by atoms with van der Waals surface area (Å²) in [4.78, 5) is 17.6. The molecule has 2 N–H and O–H groups in total. The molecule has 254 valence electrons. The van der Waals surface area contributed by atoms with Crippen LogP contribution in [0, 0.1) is 0 Å². The third-order valence-electron chi connectivity index (χ3n) is 8.57. The predicted molar refractivity (Wildman–Crippen MR) is 183 cm³/mol. The Morgan fingerprint density at radius 2 is 1.72 bits per heavy atom. The monoisotopic (exact) mass is 749 g/mol. The first-order valence-corrected chi connectivity index (χ1v) is 19.1. The SMILES string of the molecule is CC1(C)C(/C=C/C=C/C=C2\N(CCCCCC(=O)O)c3ccc(S(=O)(=O)[O-])cc3C2(C)C)=Nc2c1cc(Br)c[n+]2CCCS(=O)(=O)O. The van der Waals surface area contributed by atoms with Gasteiger partial charge in [0.1, 0.15) is 16.3 Å². The van der Waals surface area contributed by atoms with E-state index in [1.54, 1.807) is 6.07 Å². The first-order valence-electron chi connectivity index (χ1n) is 15.3. The van der Waals surface area contributed by atoms with Gasteiger partial charge in [0.2, 0.25) is 0 Å². The fourth-order valence-electron chi connectivity index (χ4n) is 6.05. The number of nitrogens with zero attached hydrogens (tertiary/aromatic N) is 3. The number of allylic oxidation sites excluding steroid dienone is 6. The first-order chi connectivity index (χ1) is 21.8. The summed E-state index contributed by atoms with van der Waals surface area (Å²) in [5.41, 5.74) is 3.21. The molecule has 0 amide bonds. The number of aromatic nitrogens is 1. The van der Waals surface area contributed by atoms with Crippen LogP contribution in [0.2, 0.25) is 0 Å². The second-order valence-corrected chi connectivity index (χ2v) is 16.6. The van der Waals surface area contributed by atoms with Crippen LogP contribution in [-0.2, 0) is 42.4 Å². The number of halogens is 1. The normalized spacial score (nSPS) is 17.9. The number of aliphatic carboxylic acids is 1. The van der Waals surface area contributed by atoms with Crippen molar-refractivity contribution in [1.29, 1.82) is 0 Å². The molecule has 1 aromatic heterocycles. The van der Waals surface area contributed by atoms with E-state index in [1.807, 2.05) is 61.1 Å². The summed E-state index contributed by atoms with van der Waals surface area (Å²) in [6.45, 7) is 9.03. The predicted octanol–water partition coefficient (Wildman–Crippen LogP) is 5.72. The van der Waals surface area contributed by atoms with Crippen LogP contribution in [0.25, 0.3) is 0 Å². The molecule has 0 saturated heterocycles. The smallest absolute Gasteiger partial charge is 0.327 e. The van der Waals surface area contributed by atoms with Crippen molar-refractivity contribution in [2.75, 3.05) is 17.2 Å². The highest BCUT2D eigenvalue weighted by molar-refractivity contribution is 9.10. The molecule has 0 aliphatic carbocycles. The number of aliphatic imine (C=N–C) groups is 1. The molecule has 1 aromatic carbocycles. The summed E-state index contributed by atoms with van der Waals surface area (Å²) in [5, 5.41) is 8.98. The van der Waals surface area contributed by atoms with E-state index in [1.165, 1.54) is 12.1 Å². The molecule has 2 aliphatic heterocycles. The summed E-state index contributed by atoms with van der Waals surface area (Å²) in [7, 11) is -8.70. The van der Waals surface area contributed by atoms with Gasteiger partial charge in [0.05, 0.1) is 32.6 Å². The van der Waals surface area contributed by atoms with Crippen LogP contribution in [0.1, 0.15) is 70.9 Å². The standard InChI is InChI=1S/C33H40BrN3O8S2/c1-32(2)26-20-23(34)22-36(17-11-19-46(40,41)42)31(26)35-28(32)12-7-5-8-13-29-33(3,4)25-21-24(47(43,44)45)15-16-27(25)37(29)18-10-6-9-14-30(38)39/h5,7-8,12-13,15-16,20-22H,6,9-11,14,17-19H2,1-4H3,(H2-,38,39,40,41,42,43,44,45). The van der Waals surface area contributed by atoms with Gasteiger partial charge < -0.3 is 14.6 Å². The van der Waals surface area contributed by atoms with Crippen LogP contribution in [0.3, 0.4) is 0 Å². The summed E-state index contributed by atoms with van der Waals surface area (Å²) in [6, 6.07) is 6.44. The van der Waals surface area contributed by atoms with E-state index in [-0.39, 0.29) is 23.5 Å². The molecule has 0 unspecified atom stereocenters. The van der Waals surface area contributed by atoms with Gasteiger partial charge in [0, 0.05) is 36.2 Å². The average molecular weight is 751 g/mol. The summed E-state index contributed by atoms with van der Waals surface area (Å²) in [6.07, 6.45) is 13.7. The maximum absolute atomic E-state index is 11.8. The van der Waals surface area contributed by atoms with E-state index < -0.39 is 37.0 Å². The van der Waals surface area contributed by atoms with Crippen LogP contribution in [0.15, 0.2) is 80.9 Å². The molecule has 0 fully saturated rings. The molecule has 11 nitrogen and oxygen atoms in total. The Hall–Kier alpha value is -3.17. The maximum atomic E-state index is 11.8. The van der Waals surface area contributed by atoms with Crippen molar-refractivity contribution < 1.29 is 40.4 Å². The molecule has 0 bridgehead atoms. The van der Waals surface area contributed by atoms with Crippen molar-refractivity contribution in [1.82, 2.24) is 0 Å². The van der Waals surface area contributed by atoms with Crippen molar-refractivity contribution >= 4 is 59.4 Å². The minimum Gasteiger partial charge on any atom is -0.744 e. The van der Waals surface area contributed by atoms with Gasteiger partial charge in [-0.1, -0.05) is 38.5 Å². The van der Waals surface area contributed by atoms with Gasteiger partial charge in [-0.2, -0.15) is 8.42 Å². The molecule has 2 aliphatic rings. The van der Waals surface area contributed by atoms with Crippen molar-refractivity contribution in [3.8, 4) is 0 Å². The topological polar surface area (TPSA) is 168 Å². The molecule has 14 heteroatoms. The highest BCUT2D eigenvalue weighted by atomic mass is 79.9. The van der Waals surface area contributed by atoms with E-state index in [4.69, 9.17) is 14.7 Å². The van der Waals surface area contributed by atoms with Crippen LogP contribution >= 0.6 is 15.9 Å². The third-order valence-corrected chi connectivity index (χ3v) is 10.6. The zero-order chi connectivity index (χ0) is 34.8. The Labute approximate surface area is 285 Å². The van der Waals surface area contributed by atoms with E-state index in [0.29, 0.717) is 19.5 Å². The molecule has 47 heavy (non-hydrogen) atoms. The summed E-state index contributed by atoms with van der Waals surface area (Å²) >= 11 is 3.54. The highest BCUT2D eigenvalue weighted by Gasteiger charge is 2.43. The lowest BCUT2D eigenvalue weighted by atomic mass is 9.82. The number of pyridine rings is 1. The summed E-state index contributed by atoms with van der Waals surface area (Å²) < 4.78 is 69.7. The van der Waals surface area contributed by atoms with Gasteiger partial charge in [-0.05, 0) is 89.6 Å². The Balaban J connectivity index is 1.58. The third kappa shape index (κ3) is 8.65. The lowest BCUT2D eigenvalue weighted by Crippen LogP contribution is -2.36. The lowest BCUT2D eigenvalue weighted by molar-refractivity contribution is -0.684. The molecule has 0 saturated carbocycles. The maximum Gasteiger partial charge on any atom is 0.327 e. The van der Waals surface area contributed by atoms with Crippen molar-refractivity contribution in [3.05, 3.63) is 82.1 Å². The van der Waals surface area contributed by atoms with Crippen LogP contribution in [0.5, 0.6) is 0 Å². The molecule has 0 radical (unpaired) electrons. The van der Waals surface area contributed by atoms with Gasteiger partial charge >= 0.3 is 11.8 Å². The van der Waals surface area contributed by atoms with Gasteiger partial charge in [-0.3, -0.25) is 9.35 Å². The van der Waals surface area contributed by atoms with E-state index in [0.717, 1.165) is 51.4 Å². The fraction of sp³-hybridized carbons (Fsp3) is 0.424. The Kier molecular flexibility index (Phi) is 11.0. The number of unbranched alkanes of at least 4 members (excludes halogenated alkanes) is 2. The highest BCUT2D eigenvalue weighted by Crippen LogP contribution is 2.48. The molecule has 4 rings (SSSR count). The number of carboxylic acid groups (broad SMARTS) is 1. The largest absolute Gasteiger partial charge is 0.744 e. The molecular formula is C33H40BrN3O8S2. The lowest BCUT2D eigenvalue weighted by Gasteiger charge is -2.27. The molecule has 0 spiro atoms. The quantitative estimate of drug-likeness (QED) is 0.106. The minimum atomic E-state index is -4.64. The second kappa shape index (κ2) is 14.1. The fourth-order valence-corrected chi connectivity index (χ4v) is 7.51. The summed E-state index contributed by atoms with van der Waals surface area (Å²) in [5.74, 6) is -0.450. The van der Waals surface area contributed by atoms with Crippen molar-refractivity contribution in [2.24, 2.45) is 4.99 Å². The number of carboxylic acids is 1. The number of hydrogen-bond donors (Lipinski definition) is 2. The van der Waals surface area contributed by atoms with Gasteiger partial charge in [0.25, 0.3) is 10.1 Å². The number of fused-ring (bicyclic) bond motifs is 2. The van der Waals surface area contributed by atoms with Gasteiger partial charge in [0.15, 0.2) is 5.71 Å². The van der Waals surface area contributed by atoms with Crippen LogP contribution in [0.4, 0.5) is 11.5 Å². The zero-order valence-corrected chi connectivity index (χ0v) is 30.0. The van der Waals surface area contributed by atoms with Crippen molar-refractivity contribution in [3.63, 3.8) is 0 Å². The zero-order valence-electron chi connectivity index (χ0n) is 26.8. The van der Waals surface area contributed by atoms with Crippen LogP contribution < -0.4 is 9.47 Å². The number of rotatable bonds is 14. The molecule has 0 atom stereocenters. The number of aryl methyl sites for hydroxylation is 1. The van der Waals surface area contributed by atoms with Gasteiger partial charge in [-0.15, -0.1) is 0 Å². The van der Waals surface area contributed by atoms with Gasteiger partial charge in [-0.25, -0.2) is 13.0 Å². The molecular weight excluding hydrogens is 710 g/mol.